The summed E-state index contributed by atoms with van der Waals surface area (Å²) in [7, 11) is 1.46. The minimum absolute atomic E-state index is 0.0371. The smallest absolute Gasteiger partial charge is 0.323 e. The highest BCUT2D eigenvalue weighted by atomic mass is 19.1. The van der Waals surface area contributed by atoms with E-state index in [9.17, 15) is 18.4 Å². The first-order valence-electron chi connectivity index (χ1n) is 10.2. The number of hydrogen-bond donors (Lipinski definition) is 3. The lowest BCUT2D eigenvalue weighted by atomic mass is 10.1. The van der Waals surface area contributed by atoms with Crippen molar-refractivity contribution in [1.82, 2.24) is 10.3 Å². The van der Waals surface area contributed by atoms with Gasteiger partial charge in [0.15, 0.2) is 0 Å². The molecule has 1 heterocycles. The van der Waals surface area contributed by atoms with Crippen LogP contribution in [0.2, 0.25) is 0 Å². The second-order valence-electron chi connectivity index (χ2n) is 7.69. The second-order valence-corrected chi connectivity index (χ2v) is 7.69. The van der Waals surface area contributed by atoms with E-state index >= 15 is 0 Å². The van der Waals surface area contributed by atoms with Crippen LogP contribution in [0.5, 0.6) is 5.75 Å². The number of nitrogens with one attached hydrogen (secondary N) is 3. The molecule has 3 aromatic rings. The predicted octanol–water partition coefficient (Wildman–Crippen LogP) is 4.61. The molecule has 3 N–H and O–H groups in total. The van der Waals surface area contributed by atoms with Crippen LogP contribution in [-0.4, -0.2) is 30.6 Å². The van der Waals surface area contributed by atoms with Gasteiger partial charge in [0.05, 0.1) is 24.1 Å². The summed E-state index contributed by atoms with van der Waals surface area (Å²) in [5.41, 5.74) is 1.11. The molecule has 1 aliphatic rings. The lowest BCUT2D eigenvalue weighted by Crippen LogP contribution is -2.26. The van der Waals surface area contributed by atoms with Gasteiger partial charge in [-0.15, -0.1) is 0 Å². The fourth-order valence-corrected chi connectivity index (χ4v) is 3.31. The van der Waals surface area contributed by atoms with Crippen molar-refractivity contribution in [2.45, 2.75) is 19.8 Å². The first-order chi connectivity index (χ1) is 15.4. The number of amides is 3. The fourth-order valence-electron chi connectivity index (χ4n) is 3.31. The van der Waals surface area contributed by atoms with Crippen LogP contribution in [0.3, 0.4) is 0 Å². The van der Waals surface area contributed by atoms with Gasteiger partial charge in [0.1, 0.15) is 22.9 Å². The summed E-state index contributed by atoms with van der Waals surface area (Å²) in [5.74, 6) is -0.670. The number of methoxy groups -OCH3 is 1. The largest absolute Gasteiger partial charge is 0.496 e. The van der Waals surface area contributed by atoms with Gasteiger partial charge in [0.2, 0.25) is 0 Å². The molecule has 32 heavy (non-hydrogen) atoms. The number of fused-ring (bicyclic) bond motifs is 1. The van der Waals surface area contributed by atoms with E-state index in [0.29, 0.717) is 35.2 Å². The molecule has 1 aliphatic carbocycles. The fraction of sp³-hybridized carbons (Fsp3) is 0.261. The highest BCUT2D eigenvalue weighted by molar-refractivity contribution is 6.03. The molecule has 1 saturated carbocycles. The Morgan fingerprint density at radius 2 is 1.84 bits per heavy atom. The maximum Gasteiger partial charge on any atom is 0.323 e. The monoisotopic (exact) mass is 440 g/mol. The first-order valence-corrected chi connectivity index (χ1v) is 10.2. The molecule has 166 valence electrons. The van der Waals surface area contributed by atoms with Crippen molar-refractivity contribution in [2.24, 2.45) is 5.92 Å². The molecule has 0 spiro atoms. The SMILES string of the molecule is COc1ccc(NC(=O)Nc2cc3c(F)ccc(F)c3nc2C)cc1C(=O)NCC1CC1. The molecule has 0 aliphatic heterocycles. The van der Waals surface area contributed by atoms with E-state index in [1.54, 1.807) is 19.1 Å². The average Bonchev–Trinajstić information content (AvgIpc) is 3.60. The molecule has 3 amide bonds. The van der Waals surface area contributed by atoms with Gasteiger partial charge >= 0.3 is 6.03 Å². The number of anilines is 2. The third-order valence-corrected chi connectivity index (χ3v) is 5.27. The van der Waals surface area contributed by atoms with E-state index in [4.69, 9.17) is 4.74 Å². The number of nitrogens with zero attached hydrogens (tertiary/aromatic N) is 1. The second kappa shape index (κ2) is 8.78. The van der Waals surface area contributed by atoms with Gasteiger partial charge in [-0.25, -0.2) is 18.6 Å². The number of urea groups is 1. The molecule has 4 rings (SSSR count). The maximum absolute atomic E-state index is 14.1. The number of pyridine rings is 1. The summed E-state index contributed by atoms with van der Waals surface area (Å²) >= 11 is 0. The summed E-state index contributed by atoms with van der Waals surface area (Å²) < 4.78 is 33.3. The summed E-state index contributed by atoms with van der Waals surface area (Å²) in [6.45, 7) is 2.18. The molecule has 7 nitrogen and oxygen atoms in total. The zero-order valence-electron chi connectivity index (χ0n) is 17.6. The number of aromatic nitrogens is 1. The number of benzene rings is 2. The van der Waals surface area contributed by atoms with E-state index in [1.807, 2.05) is 0 Å². The molecule has 0 bridgehead atoms. The van der Waals surface area contributed by atoms with Crippen LogP contribution in [0.1, 0.15) is 28.9 Å². The van der Waals surface area contributed by atoms with Crippen LogP contribution in [0.4, 0.5) is 25.0 Å². The zero-order chi connectivity index (χ0) is 22.8. The lowest BCUT2D eigenvalue weighted by molar-refractivity contribution is 0.0948. The van der Waals surface area contributed by atoms with Crippen molar-refractivity contribution in [3.63, 3.8) is 0 Å². The maximum atomic E-state index is 14.1. The number of ether oxygens (including phenoxy) is 1. The van der Waals surface area contributed by atoms with Gasteiger partial charge in [-0.3, -0.25) is 4.79 Å². The Balaban J connectivity index is 1.51. The standard InChI is InChI=1S/C23H22F2N4O3/c1-12-19(10-15-17(24)6-7-18(25)21(15)27-12)29-23(31)28-14-5-8-20(32-2)16(9-14)22(30)26-11-13-3-4-13/h5-10,13H,3-4,11H2,1-2H3,(H,26,30)(H2,28,29,31). The Morgan fingerprint density at radius 1 is 1.09 bits per heavy atom. The van der Waals surface area contributed by atoms with Gasteiger partial charge in [-0.05, 0) is 62.1 Å². The summed E-state index contributed by atoms with van der Waals surface area (Å²) in [6.07, 6.45) is 2.22. The van der Waals surface area contributed by atoms with Crippen molar-refractivity contribution in [1.29, 1.82) is 0 Å². The molecule has 0 saturated heterocycles. The Kier molecular flexibility index (Phi) is 5.89. The van der Waals surface area contributed by atoms with Crippen LogP contribution in [-0.2, 0) is 0 Å². The van der Waals surface area contributed by atoms with Crippen molar-refractivity contribution in [2.75, 3.05) is 24.3 Å². The molecule has 0 radical (unpaired) electrons. The van der Waals surface area contributed by atoms with Crippen LogP contribution < -0.4 is 20.7 Å². The summed E-state index contributed by atoms with van der Waals surface area (Å²) in [4.78, 5) is 29.1. The normalized spacial score (nSPS) is 13.0. The molecule has 9 heteroatoms. The summed E-state index contributed by atoms with van der Waals surface area (Å²) in [6, 6.07) is 7.42. The van der Waals surface area contributed by atoms with Gasteiger partial charge in [0.25, 0.3) is 5.91 Å². The molecule has 1 fully saturated rings. The van der Waals surface area contributed by atoms with Gasteiger partial charge < -0.3 is 20.7 Å². The Bertz CT molecular complexity index is 1210. The molecule has 1 aromatic heterocycles. The van der Waals surface area contributed by atoms with Gasteiger partial charge in [0, 0.05) is 17.6 Å². The first kappa shape index (κ1) is 21.5. The zero-order valence-corrected chi connectivity index (χ0v) is 17.6. The average molecular weight is 440 g/mol. The molecule has 0 atom stereocenters. The lowest BCUT2D eigenvalue weighted by Gasteiger charge is -2.13. The minimum atomic E-state index is -0.647. The highest BCUT2D eigenvalue weighted by Crippen LogP contribution is 2.29. The highest BCUT2D eigenvalue weighted by Gasteiger charge is 2.23. The molecular formula is C23H22F2N4O3. The molecular weight excluding hydrogens is 418 g/mol. The van der Waals surface area contributed by atoms with E-state index in [1.165, 1.54) is 19.2 Å². The number of carbonyl (C=O) groups excluding carboxylic acids is 2. The van der Waals surface area contributed by atoms with E-state index in [-0.39, 0.29) is 22.5 Å². The third kappa shape index (κ3) is 4.61. The van der Waals surface area contributed by atoms with Crippen molar-refractivity contribution in [3.05, 3.63) is 59.3 Å². The predicted molar refractivity (Wildman–Crippen MR) is 117 cm³/mol. The van der Waals surface area contributed by atoms with Crippen LogP contribution >= 0.6 is 0 Å². The van der Waals surface area contributed by atoms with Crippen LogP contribution in [0, 0.1) is 24.5 Å². The quantitative estimate of drug-likeness (QED) is 0.522. The van der Waals surface area contributed by atoms with Crippen LogP contribution in [0.25, 0.3) is 10.9 Å². The van der Waals surface area contributed by atoms with E-state index in [2.05, 4.69) is 20.9 Å². The Morgan fingerprint density at radius 3 is 2.56 bits per heavy atom. The number of carbonyl (C=O) groups is 2. The number of aryl methyl sites for hydroxylation is 1. The van der Waals surface area contributed by atoms with E-state index in [0.717, 1.165) is 25.0 Å². The summed E-state index contributed by atoms with van der Waals surface area (Å²) in [5, 5.41) is 8.06. The Labute approximate surface area is 183 Å². The minimum Gasteiger partial charge on any atom is -0.496 e. The Hall–Kier alpha value is -3.75. The third-order valence-electron chi connectivity index (χ3n) is 5.27. The van der Waals surface area contributed by atoms with Crippen LogP contribution in [0.15, 0.2) is 36.4 Å². The molecule has 0 unspecified atom stereocenters. The van der Waals surface area contributed by atoms with Crippen molar-refractivity contribution >= 4 is 34.2 Å². The molecule has 2 aromatic carbocycles. The van der Waals surface area contributed by atoms with E-state index < -0.39 is 17.7 Å². The van der Waals surface area contributed by atoms with Crippen molar-refractivity contribution in [3.8, 4) is 5.75 Å². The number of halogens is 2. The van der Waals surface area contributed by atoms with Crippen molar-refractivity contribution < 1.29 is 23.1 Å². The number of hydrogen-bond acceptors (Lipinski definition) is 4. The van der Waals surface area contributed by atoms with Gasteiger partial charge in [-0.1, -0.05) is 0 Å². The number of rotatable bonds is 6. The topological polar surface area (TPSA) is 92.3 Å². The van der Waals surface area contributed by atoms with Gasteiger partial charge in [-0.2, -0.15) is 0 Å².